The number of benzene rings is 3. The minimum absolute atomic E-state index is 0.162. The highest BCUT2D eigenvalue weighted by atomic mass is 32.2. The van der Waals surface area contributed by atoms with Gasteiger partial charge in [0.05, 0.1) is 33.7 Å². The van der Waals surface area contributed by atoms with E-state index in [1.54, 1.807) is 6.92 Å². The van der Waals surface area contributed by atoms with Crippen molar-refractivity contribution in [3.63, 3.8) is 0 Å². The predicted molar refractivity (Wildman–Crippen MR) is 163 cm³/mol. The standard InChI is InChI=1S/C31H25N3O8S2/c1-3-41-30(37)17-8-10-19(11-9-17)33-28(35)24-23(25-27(32-31(38)44-25)43-26(24)29(33)36)21-14-20(34(39)40)12-13-22(21)42-15-18-7-5-4-6-16(18)2/h4-14,23-24,26H,3,15H2,1-2H3,(H,32,38)/t23-,24?,26?/m1/s1. The molecule has 3 aromatic carbocycles. The molecule has 2 unspecified atom stereocenters. The number of ether oxygens (including phenoxy) is 2. The third-order valence-corrected chi connectivity index (χ3v) is 10.0. The summed E-state index contributed by atoms with van der Waals surface area (Å²) >= 11 is 2.00. The topological polar surface area (TPSA) is 149 Å². The molecule has 3 atom stereocenters. The van der Waals surface area contributed by atoms with E-state index in [0.717, 1.165) is 39.1 Å². The van der Waals surface area contributed by atoms with Gasteiger partial charge in [0.25, 0.3) is 5.69 Å². The van der Waals surface area contributed by atoms with Crippen LogP contribution >= 0.6 is 23.1 Å². The first kappa shape index (κ1) is 29.3. The van der Waals surface area contributed by atoms with Crippen molar-refractivity contribution in [3.8, 4) is 5.75 Å². The third kappa shape index (κ3) is 5.18. The van der Waals surface area contributed by atoms with Crippen LogP contribution in [0.3, 0.4) is 0 Å². The fourth-order valence-corrected chi connectivity index (χ4v) is 8.03. The molecule has 0 radical (unpaired) electrons. The number of non-ortho nitro benzene ring substituents is 1. The van der Waals surface area contributed by atoms with Gasteiger partial charge in [-0.1, -0.05) is 47.4 Å². The smallest absolute Gasteiger partial charge is 0.338 e. The second-order valence-corrected chi connectivity index (χ2v) is 12.4. The first-order valence-electron chi connectivity index (χ1n) is 13.7. The number of nitrogens with zero attached hydrogens (tertiary/aromatic N) is 2. The van der Waals surface area contributed by atoms with Crippen LogP contribution in [0, 0.1) is 23.0 Å². The maximum atomic E-state index is 14.2. The highest BCUT2D eigenvalue weighted by molar-refractivity contribution is 8.00. The molecule has 2 aliphatic rings. The molecule has 0 spiro atoms. The fraction of sp³-hybridized carbons (Fsp3) is 0.226. The number of carbonyl (C=O) groups excluding carboxylic acids is 3. The number of H-pyrrole nitrogens is 1. The number of aromatic nitrogens is 1. The van der Waals surface area contributed by atoms with Crippen molar-refractivity contribution in [2.45, 2.75) is 36.6 Å². The number of imide groups is 1. The summed E-state index contributed by atoms with van der Waals surface area (Å²) in [6.07, 6.45) is 0. The molecule has 6 rings (SSSR count). The monoisotopic (exact) mass is 631 g/mol. The third-order valence-electron chi connectivity index (χ3n) is 7.64. The van der Waals surface area contributed by atoms with Crippen LogP contribution in [-0.2, 0) is 20.9 Å². The molecule has 0 aliphatic carbocycles. The SMILES string of the molecule is CCOC(=O)c1ccc(N2C(=O)C3Sc4[nH]c(=O)sc4[C@H](c4cc([N+](=O)[O-])ccc4OCc4ccccc4C)C3C2=O)cc1. The molecular formula is C31H25N3O8S2. The Labute approximate surface area is 259 Å². The summed E-state index contributed by atoms with van der Waals surface area (Å²) in [5, 5.41) is 11.4. The number of aromatic amines is 1. The van der Waals surface area contributed by atoms with Crippen molar-refractivity contribution in [1.29, 1.82) is 0 Å². The number of thioether (sulfide) groups is 1. The fourth-order valence-electron chi connectivity index (χ4n) is 5.52. The second kappa shape index (κ2) is 11.7. The average Bonchev–Trinajstić information content (AvgIpc) is 3.50. The number of amides is 2. The van der Waals surface area contributed by atoms with Gasteiger partial charge in [0.2, 0.25) is 11.8 Å². The van der Waals surface area contributed by atoms with E-state index in [2.05, 4.69) is 4.98 Å². The number of fused-ring (bicyclic) bond motifs is 2. The Morgan fingerprint density at radius 2 is 1.80 bits per heavy atom. The van der Waals surface area contributed by atoms with Crippen LogP contribution in [0.4, 0.5) is 11.4 Å². The van der Waals surface area contributed by atoms with E-state index in [4.69, 9.17) is 9.47 Å². The van der Waals surface area contributed by atoms with Gasteiger partial charge in [0.15, 0.2) is 0 Å². The van der Waals surface area contributed by atoms with E-state index in [0.29, 0.717) is 21.2 Å². The van der Waals surface area contributed by atoms with Crippen LogP contribution < -0.4 is 14.5 Å². The maximum absolute atomic E-state index is 14.2. The Morgan fingerprint density at radius 3 is 2.50 bits per heavy atom. The molecule has 2 aliphatic heterocycles. The van der Waals surface area contributed by atoms with E-state index in [-0.39, 0.29) is 35.0 Å². The number of carbonyl (C=O) groups is 3. The summed E-state index contributed by atoms with van der Waals surface area (Å²) in [6.45, 7) is 4.00. The number of nitro groups is 1. The molecule has 1 N–H and O–H groups in total. The van der Waals surface area contributed by atoms with Gasteiger partial charge in [-0.05, 0) is 55.3 Å². The van der Waals surface area contributed by atoms with Crippen LogP contribution in [0.25, 0.3) is 0 Å². The molecule has 1 saturated heterocycles. The highest BCUT2D eigenvalue weighted by Crippen LogP contribution is 2.55. The van der Waals surface area contributed by atoms with E-state index in [1.807, 2.05) is 31.2 Å². The summed E-state index contributed by atoms with van der Waals surface area (Å²) in [7, 11) is 0. The van der Waals surface area contributed by atoms with Gasteiger partial charge >= 0.3 is 10.8 Å². The number of hydrogen-bond donors (Lipinski definition) is 1. The first-order chi connectivity index (χ1) is 21.2. The molecule has 44 heavy (non-hydrogen) atoms. The minimum atomic E-state index is -0.987. The van der Waals surface area contributed by atoms with Crippen molar-refractivity contribution >= 4 is 52.3 Å². The van der Waals surface area contributed by atoms with Crippen LogP contribution in [0.1, 0.15) is 44.8 Å². The van der Waals surface area contributed by atoms with E-state index in [9.17, 15) is 29.3 Å². The first-order valence-corrected chi connectivity index (χ1v) is 15.4. The Bertz CT molecular complexity index is 1870. The predicted octanol–water partition coefficient (Wildman–Crippen LogP) is 5.20. The number of thiazole rings is 1. The van der Waals surface area contributed by atoms with Gasteiger partial charge in [-0.3, -0.25) is 24.5 Å². The highest BCUT2D eigenvalue weighted by Gasteiger charge is 2.57. The van der Waals surface area contributed by atoms with Gasteiger partial charge in [-0.15, -0.1) is 0 Å². The van der Waals surface area contributed by atoms with Crippen molar-refractivity contribution in [2.24, 2.45) is 5.92 Å². The molecule has 4 aromatic rings. The van der Waals surface area contributed by atoms with Gasteiger partial charge in [0.1, 0.15) is 17.6 Å². The van der Waals surface area contributed by atoms with E-state index < -0.39 is 39.8 Å². The van der Waals surface area contributed by atoms with Crippen molar-refractivity contribution in [3.05, 3.63) is 114 Å². The van der Waals surface area contributed by atoms with E-state index >= 15 is 0 Å². The average molecular weight is 632 g/mol. The molecule has 3 heterocycles. The molecule has 11 nitrogen and oxygen atoms in total. The Hall–Kier alpha value is -4.75. The van der Waals surface area contributed by atoms with Crippen LogP contribution in [-0.4, -0.2) is 39.5 Å². The summed E-state index contributed by atoms with van der Waals surface area (Å²) < 4.78 is 11.3. The van der Waals surface area contributed by atoms with E-state index in [1.165, 1.54) is 42.5 Å². The number of nitrogens with one attached hydrogen (secondary N) is 1. The maximum Gasteiger partial charge on any atom is 0.338 e. The van der Waals surface area contributed by atoms with Crippen molar-refractivity contribution < 1.29 is 28.8 Å². The van der Waals surface area contributed by atoms with Gasteiger partial charge < -0.3 is 14.5 Å². The molecule has 2 amide bonds. The Morgan fingerprint density at radius 1 is 1.05 bits per heavy atom. The van der Waals surface area contributed by atoms with Gasteiger partial charge in [0, 0.05) is 28.5 Å². The van der Waals surface area contributed by atoms with Gasteiger partial charge in [-0.2, -0.15) is 0 Å². The summed E-state index contributed by atoms with van der Waals surface area (Å²) in [5.74, 6) is -3.11. The molecule has 1 fully saturated rings. The summed E-state index contributed by atoms with van der Waals surface area (Å²) in [4.78, 5) is 68.0. The van der Waals surface area contributed by atoms with Crippen LogP contribution in [0.15, 0.2) is 76.6 Å². The second-order valence-electron chi connectivity index (χ2n) is 10.2. The molecule has 0 saturated carbocycles. The molecular weight excluding hydrogens is 606 g/mol. The number of esters is 1. The van der Waals surface area contributed by atoms with Crippen LogP contribution in [0.2, 0.25) is 0 Å². The van der Waals surface area contributed by atoms with Crippen molar-refractivity contribution in [1.82, 2.24) is 4.98 Å². The normalized spacial score (nSPS) is 19.0. The molecule has 1 aromatic heterocycles. The Kier molecular flexibility index (Phi) is 7.82. The lowest BCUT2D eigenvalue weighted by molar-refractivity contribution is -0.385. The van der Waals surface area contributed by atoms with Crippen LogP contribution in [0.5, 0.6) is 5.75 Å². The number of rotatable bonds is 8. The largest absolute Gasteiger partial charge is 0.489 e. The zero-order valence-corrected chi connectivity index (χ0v) is 25.1. The minimum Gasteiger partial charge on any atom is -0.489 e. The number of anilines is 1. The number of hydrogen-bond acceptors (Lipinski definition) is 10. The summed E-state index contributed by atoms with van der Waals surface area (Å²) in [5.41, 5.74) is 2.56. The van der Waals surface area contributed by atoms with Crippen molar-refractivity contribution in [2.75, 3.05) is 11.5 Å². The van der Waals surface area contributed by atoms with Gasteiger partial charge in [-0.25, -0.2) is 9.69 Å². The quantitative estimate of drug-likeness (QED) is 0.120. The number of nitro benzene ring substituents is 1. The zero-order chi connectivity index (χ0) is 31.1. The summed E-state index contributed by atoms with van der Waals surface area (Å²) in [6, 6.07) is 17.8. The lowest BCUT2D eigenvalue weighted by Gasteiger charge is -2.30. The lowest BCUT2D eigenvalue weighted by Crippen LogP contribution is -2.32. The number of aryl methyl sites for hydroxylation is 1. The Balaban J connectivity index is 1.43. The molecule has 0 bridgehead atoms. The zero-order valence-electron chi connectivity index (χ0n) is 23.5. The molecule has 13 heteroatoms. The molecule has 224 valence electrons. The lowest BCUT2D eigenvalue weighted by atomic mass is 9.82.